The molecule has 0 aliphatic carbocycles. The van der Waals surface area contributed by atoms with Gasteiger partial charge in [0.2, 0.25) is 0 Å². The standard InChI is InChI=1S/C14H18N2O5/c1-18-12-4-2-11(3-5-12)15-13(17)21-8-14-6-19-9-16(14)10-20-7-14/h2-5H,6-10H2,1H3,(H,15,17). The van der Waals surface area contributed by atoms with Crippen LogP contribution in [0.25, 0.3) is 0 Å². The highest BCUT2D eigenvalue weighted by Crippen LogP contribution is 2.28. The van der Waals surface area contributed by atoms with Gasteiger partial charge in [0.1, 0.15) is 31.4 Å². The quantitative estimate of drug-likeness (QED) is 0.901. The molecule has 21 heavy (non-hydrogen) atoms. The van der Waals surface area contributed by atoms with Crippen LogP contribution in [-0.4, -0.2) is 56.9 Å². The van der Waals surface area contributed by atoms with Gasteiger partial charge in [-0.3, -0.25) is 5.32 Å². The van der Waals surface area contributed by atoms with Crippen molar-refractivity contribution in [1.82, 2.24) is 4.90 Å². The third-order valence-corrected chi connectivity index (χ3v) is 3.71. The summed E-state index contributed by atoms with van der Waals surface area (Å²) in [7, 11) is 1.59. The second-order valence-electron chi connectivity index (χ2n) is 5.15. The maximum absolute atomic E-state index is 11.8. The van der Waals surface area contributed by atoms with Crippen LogP contribution in [0.15, 0.2) is 24.3 Å². The van der Waals surface area contributed by atoms with Crippen LogP contribution in [0.4, 0.5) is 10.5 Å². The number of nitrogens with zero attached hydrogens (tertiary/aromatic N) is 1. The highest BCUT2D eigenvalue weighted by Gasteiger charge is 2.47. The third kappa shape index (κ3) is 2.94. The van der Waals surface area contributed by atoms with Crippen LogP contribution in [-0.2, 0) is 14.2 Å². The molecular weight excluding hydrogens is 276 g/mol. The summed E-state index contributed by atoms with van der Waals surface area (Å²) in [6, 6.07) is 7.04. The first-order chi connectivity index (χ1) is 10.2. The largest absolute Gasteiger partial charge is 0.497 e. The Morgan fingerprint density at radius 3 is 2.57 bits per heavy atom. The molecule has 2 saturated heterocycles. The molecule has 0 saturated carbocycles. The highest BCUT2D eigenvalue weighted by molar-refractivity contribution is 5.84. The number of fused-ring (bicyclic) bond motifs is 1. The molecule has 1 aromatic rings. The highest BCUT2D eigenvalue weighted by atomic mass is 16.6. The van der Waals surface area contributed by atoms with Crippen LogP contribution < -0.4 is 10.1 Å². The Labute approximate surface area is 122 Å². The lowest BCUT2D eigenvalue weighted by molar-refractivity contribution is 0.0690. The number of benzene rings is 1. The summed E-state index contributed by atoms with van der Waals surface area (Å²) in [5.74, 6) is 0.731. The number of amides is 1. The molecule has 3 rings (SSSR count). The molecule has 114 valence electrons. The molecule has 2 aliphatic rings. The zero-order valence-corrected chi connectivity index (χ0v) is 11.8. The maximum Gasteiger partial charge on any atom is 0.411 e. The van der Waals surface area contributed by atoms with E-state index in [0.717, 1.165) is 5.75 Å². The lowest BCUT2D eigenvalue weighted by Gasteiger charge is -2.26. The summed E-state index contributed by atoms with van der Waals surface area (Å²) >= 11 is 0. The van der Waals surface area contributed by atoms with Gasteiger partial charge in [0.05, 0.1) is 20.3 Å². The molecule has 7 nitrogen and oxygen atoms in total. The van der Waals surface area contributed by atoms with Crippen molar-refractivity contribution in [3.05, 3.63) is 24.3 Å². The molecule has 2 fully saturated rings. The Morgan fingerprint density at radius 2 is 1.95 bits per heavy atom. The minimum absolute atomic E-state index is 0.245. The Kier molecular flexibility index (Phi) is 3.96. The van der Waals surface area contributed by atoms with Crippen molar-refractivity contribution >= 4 is 11.8 Å². The minimum Gasteiger partial charge on any atom is -0.497 e. The van der Waals surface area contributed by atoms with E-state index in [2.05, 4.69) is 5.32 Å². The molecule has 7 heteroatoms. The number of hydrogen-bond donors (Lipinski definition) is 1. The maximum atomic E-state index is 11.8. The molecule has 0 unspecified atom stereocenters. The van der Waals surface area contributed by atoms with E-state index in [1.54, 1.807) is 31.4 Å². The molecule has 0 aromatic heterocycles. The predicted molar refractivity (Wildman–Crippen MR) is 74.2 cm³/mol. The monoisotopic (exact) mass is 294 g/mol. The fourth-order valence-corrected chi connectivity index (χ4v) is 2.43. The van der Waals surface area contributed by atoms with Gasteiger partial charge in [-0.1, -0.05) is 0 Å². The fourth-order valence-electron chi connectivity index (χ4n) is 2.43. The number of rotatable bonds is 4. The molecule has 0 bridgehead atoms. The Morgan fingerprint density at radius 1 is 1.29 bits per heavy atom. The molecule has 2 heterocycles. The summed E-state index contributed by atoms with van der Waals surface area (Å²) < 4.78 is 21.2. The van der Waals surface area contributed by atoms with Gasteiger partial charge in [0, 0.05) is 5.69 Å². The van der Waals surface area contributed by atoms with E-state index in [4.69, 9.17) is 18.9 Å². The van der Waals surface area contributed by atoms with E-state index in [0.29, 0.717) is 32.4 Å². The summed E-state index contributed by atoms with van der Waals surface area (Å²) in [5, 5.41) is 2.68. The molecule has 0 radical (unpaired) electrons. The molecule has 0 atom stereocenters. The van der Waals surface area contributed by atoms with E-state index in [1.165, 1.54) is 0 Å². The predicted octanol–water partition coefficient (Wildman–Crippen LogP) is 1.26. The van der Waals surface area contributed by atoms with Gasteiger partial charge in [-0.05, 0) is 24.3 Å². The molecule has 1 N–H and O–H groups in total. The van der Waals surface area contributed by atoms with Gasteiger partial charge in [-0.25, -0.2) is 9.69 Å². The number of nitrogens with one attached hydrogen (secondary N) is 1. The van der Waals surface area contributed by atoms with E-state index < -0.39 is 6.09 Å². The first-order valence-electron chi connectivity index (χ1n) is 6.70. The van der Waals surface area contributed by atoms with Gasteiger partial charge < -0.3 is 18.9 Å². The lowest BCUT2D eigenvalue weighted by Crippen LogP contribution is -2.48. The smallest absolute Gasteiger partial charge is 0.411 e. The molecular formula is C14H18N2O5. The van der Waals surface area contributed by atoms with E-state index in [1.807, 2.05) is 4.90 Å². The minimum atomic E-state index is -0.492. The van der Waals surface area contributed by atoms with Crippen molar-refractivity contribution in [2.24, 2.45) is 0 Å². The van der Waals surface area contributed by atoms with Gasteiger partial charge in [0.15, 0.2) is 0 Å². The molecule has 1 aromatic carbocycles. The van der Waals surface area contributed by atoms with Crippen molar-refractivity contribution < 1.29 is 23.7 Å². The normalized spacial score (nSPS) is 20.0. The first kappa shape index (κ1) is 14.1. The van der Waals surface area contributed by atoms with Crippen molar-refractivity contribution in [3.63, 3.8) is 0 Å². The second kappa shape index (κ2) is 5.88. The van der Waals surface area contributed by atoms with Crippen LogP contribution in [0.3, 0.4) is 0 Å². The number of hydrogen-bond acceptors (Lipinski definition) is 6. The van der Waals surface area contributed by atoms with Gasteiger partial charge in [-0.15, -0.1) is 0 Å². The zero-order chi connectivity index (χ0) is 14.7. The average Bonchev–Trinajstić information content (AvgIpc) is 3.06. The van der Waals surface area contributed by atoms with Crippen molar-refractivity contribution in [1.29, 1.82) is 0 Å². The SMILES string of the molecule is COc1ccc(NC(=O)OCC23COCN2COC3)cc1. The van der Waals surface area contributed by atoms with Gasteiger partial charge >= 0.3 is 6.09 Å². The molecule has 2 aliphatic heterocycles. The Hall–Kier alpha value is -1.83. The number of methoxy groups -OCH3 is 1. The van der Waals surface area contributed by atoms with Crippen molar-refractivity contribution in [2.75, 3.05) is 45.7 Å². The third-order valence-electron chi connectivity index (χ3n) is 3.71. The first-order valence-corrected chi connectivity index (χ1v) is 6.70. The summed E-state index contributed by atoms with van der Waals surface area (Å²) in [5.41, 5.74) is 0.317. The molecule has 1 amide bonds. The molecule has 0 spiro atoms. The summed E-state index contributed by atoms with van der Waals surface area (Å²) in [6.45, 7) is 2.31. The van der Waals surface area contributed by atoms with Gasteiger partial charge in [-0.2, -0.15) is 0 Å². The van der Waals surface area contributed by atoms with Gasteiger partial charge in [0.25, 0.3) is 0 Å². The second-order valence-corrected chi connectivity index (χ2v) is 5.15. The topological polar surface area (TPSA) is 69.3 Å². The van der Waals surface area contributed by atoms with E-state index in [-0.39, 0.29) is 12.1 Å². The zero-order valence-electron chi connectivity index (χ0n) is 11.8. The number of carbonyl (C=O) groups is 1. The Bertz CT molecular complexity index is 495. The van der Waals surface area contributed by atoms with E-state index in [9.17, 15) is 4.79 Å². The van der Waals surface area contributed by atoms with Crippen molar-refractivity contribution in [3.8, 4) is 5.75 Å². The summed E-state index contributed by atoms with van der Waals surface area (Å²) in [4.78, 5) is 13.9. The Balaban J connectivity index is 1.52. The van der Waals surface area contributed by atoms with Crippen molar-refractivity contribution in [2.45, 2.75) is 5.54 Å². The lowest BCUT2D eigenvalue weighted by atomic mass is 10.0. The van der Waals surface area contributed by atoms with Crippen LogP contribution >= 0.6 is 0 Å². The number of anilines is 1. The van der Waals surface area contributed by atoms with E-state index >= 15 is 0 Å². The van der Waals surface area contributed by atoms with Crippen LogP contribution in [0, 0.1) is 0 Å². The summed E-state index contributed by atoms with van der Waals surface area (Å²) in [6.07, 6.45) is -0.492. The number of carbonyl (C=O) groups excluding carboxylic acids is 1. The fraction of sp³-hybridized carbons (Fsp3) is 0.500. The number of ether oxygens (including phenoxy) is 4. The van der Waals surface area contributed by atoms with Crippen LogP contribution in [0.5, 0.6) is 5.75 Å². The van der Waals surface area contributed by atoms with Crippen LogP contribution in [0.2, 0.25) is 0 Å². The van der Waals surface area contributed by atoms with Crippen LogP contribution in [0.1, 0.15) is 0 Å². The average molecular weight is 294 g/mol.